The number of alkyl carbamates (subject to hydrolysis) is 1. The predicted octanol–water partition coefficient (Wildman–Crippen LogP) is 4.68. The largest absolute Gasteiger partial charge is 0.480 e. The minimum absolute atomic E-state index is 0.0832. The Bertz CT molecular complexity index is 1310. The van der Waals surface area contributed by atoms with Crippen LogP contribution in [-0.2, 0) is 16.0 Å². The minimum atomic E-state index is -1.14. The molecule has 7 nitrogen and oxygen atoms in total. The molecule has 4 aromatic rings. The molecule has 0 spiro atoms. The van der Waals surface area contributed by atoms with Gasteiger partial charge in [0.15, 0.2) is 0 Å². The van der Waals surface area contributed by atoms with Crippen LogP contribution in [0.2, 0.25) is 0 Å². The molecule has 5 rings (SSSR count). The Morgan fingerprint density at radius 3 is 2.23 bits per heavy atom. The van der Waals surface area contributed by atoms with Crippen LogP contribution in [0.3, 0.4) is 0 Å². The van der Waals surface area contributed by atoms with Crippen LogP contribution in [-0.4, -0.2) is 39.8 Å². The summed E-state index contributed by atoms with van der Waals surface area (Å²) in [7, 11) is 0. The maximum Gasteiger partial charge on any atom is 0.407 e. The molecule has 2 aromatic carbocycles. The number of aromatic nitrogens is 2. The van der Waals surface area contributed by atoms with E-state index in [-0.39, 0.29) is 18.9 Å². The van der Waals surface area contributed by atoms with Gasteiger partial charge in [-0.2, -0.15) is 0 Å². The van der Waals surface area contributed by atoms with Crippen LogP contribution in [0.4, 0.5) is 4.79 Å². The van der Waals surface area contributed by atoms with Gasteiger partial charge in [-0.25, -0.2) is 9.59 Å². The molecular formula is C28H23N3O4. The molecule has 1 atom stereocenters. The van der Waals surface area contributed by atoms with Crippen molar-refractivity contribution in [1.29, 1.82) is 0 Å². The molecule has 0 bridgehead atoms. The molecule has 1 aliphatic rings. The van der Waals surface area contributed by atoms with Crippen molar-refractivity contribution in [2.45, 2.75) is 18.4 Å². The topological polar surface area (TPSA) is 101 Å². The second-order valence-electron chi connectivity index (χ2n) is 8.36. The standard InChI is InChI=1S/C28H23N3O4/c32-27(33)26(14-18-11-12-25(30-15-18)19-6-5-13-29-16-19)31-28(34)35-17-24-22-9-3-1-7-20(22)21-8-2-4-10-23(21)24/h1-13,15-16,24,26H,14,17H2,(H,31,34)(H,32,33)/t26-/m0/s1. The Hall–Kier alpha value is -4.52. The number of rotatable bonds is 7. The average Bonchev–Trinajstić information content (AvgIpc) is 3.21. The third kappa shape index (κ3) is 4.75. The summed E-state index contributed by atoms with van der Waals surface area (Å²) in [5.74, 6) is -1.24. The molecule has 35 heavy (non-hydrogen) atoms. The van der Waals surface area contributed by atoms with Crippen LogP contribution < -0.4 is 5.32 Å². The number of carboxylic acids is 1. The molecule has 2 N–H and O–H groups in total. The SMILES string of the molecule is O=C(N[C@@H](Cc1ccc(-c2cccnc2)nc1)C(=O)O)OCC1c2ccccc2-c2ccccc21. The molecule has 0 fully saturated rings. The zero-order chi connectivity index (χ0) is 24.2. The van der Waals surface area contributed by atoms with E-state index in [0.717, 1.165) is 33.5 Å². The summed E-state index contributed by atoms with van der Waals surface area (Å²) in [6.07, 6.45) is 4.32. The van der Waals surface area contributed by atoms with Gasteiger partial charge in [0.05, 0.1) is 5.69 Å². The molecule has 174 valence electrons. The number of aliphatic carboxylic acids is 1. The number of fused-ring (bicyclic) bond motifs is 3. The number of carbonyl (C=O) groups excluding carboxylic acids is 1. The van der Waals surface area contributed by atoms with Crippen molar-refractivity contribution in [3.8, 4) is 22.4 Å². The van der Waals surface area contributed by atoms with Crippen molar-refractivity contribution in [3.05, 3.63) is 108 Å². The van der Waals surface area contributed by atoms with Gasteiger partial charge in [0.1, 0.15) is 12.6 Å². The molecule has 1 aliphatic carbocycles. The van der Waals surface area contributed by atoms with Crippen molar-refractivity contribution in [2.24, 2.45) is 0 Å². The van der Waals surface area contributed by atoms with E-state index in [1.807, 2.05) is 48.5 Å². The number of nitrogens with zero attached hydrogens (tertiary/aromatic N) is 2. The lowest BCUT2D eigenvalue weighted by molar-refractivity contribution is -0.139. The van der Waals surface area contributed by atoms with Crippen LogP contribution in [0.5, 0.6) is 0 Å². The van der Waals surface area contributed by atoms with Crippen molar-refractivity contribution in [1.82, 2.24) is 15.3 Å². The maximum atomic E-state index is 12.5. The molecule has 2 heterocycles. The fraction of sp³-hybridized carbons (Fsp3) is 0.143. The van der Waals surface area contributed by atoms with E-state index in [9.17, 15) is 14.7 Å². The van der Waals surface area contributed by atoms with Crippen molar-refractivity contribution < 1.29 is 19.4 Å². The minimum Gasteiger partial charge on any atom is -0.480 e. The summed E-state index contributed by atoms with van der Waals surface area (Å²) < 4.78 is 5.50. The van der Waals surface area contributed by atoms with E-state index in [1.54, 1.807) is 30.7 Å². The summed E-state index contributed by atoms with van der Waals surface area (Å²) in [4.78, 5) is 32.8. The van der Waals surface area contributed by atoms with Crippen molar-refractivity contribution in [2.75, 3.05) is 6.61 Å². The number of hydrogen-bond donors (Lipinski definition) is 2. The lowest BCUT2D eigenvalue weighted by atomic mass is 9.98. The van der Waals surface area contributed by atoms with Gasteiger partial charge in [-0.1, -0.05) is 54.6 Å². The van der Waals surface area contributed by atoms with Crippen LogP contribution in [0.15, 0.2) is 91.4 Å². The number of hydrogen-bond acceptors (Lipinski definition) is 5. The molecule has 7 heteroatoms. The highest BCUT2D eigenvalue weighted by atomic mass is 16.5. The predicted molar refractivity (Wildman–Crippen MR) is 131 cm³/mol. The lowest BCUT2D eigenvalue weighted by Gasteiger charge is -2.17. The highest BCUT2D eigenvalue weighted by molar-refractivity contribution is 5.81. The molecule has 0 saturated heterocycles. The van der Waals surface area contributed by atoms with Crippen molar-refractivity contribution >= 4 is 12.1 Å². The van der Waals surface area contributed by atoms with Crippen LogP contribution >= 0.6 is 0 Å². The summed E-state index contributed by atoms with van der Waals surface area (Å²) in [5.41, 5.74) is 6.73. The molecule has 1 amide bonds. The second-order valence-corrected chi connectivity index (χ2v) is 8.36. The smallest absolute Gasteiger partial charge is 0.407 e. The Kier molecular flexibility index (Phi) is 6.22. The third-order valence-corrected chi connectivity index (χ3v) is 6.16. The van der Waals surface area contributed by atoms with E-state index >= 15 is 0 Å². The summed E-state index contributed by atoms with van der Waals surface area (Å²) in [5, 5.41) is 12.1. The summed E-state index contributed by atoms with van der Waals surface area (Å²) in [6.45, 7) is 0.119. The Morgan fingerprint density at radius 2 is 1.63 bits per heavy atom. The Morgan fingerprint density at radius 1 is 0.914 bits per heavy atom. The summed E-state index contributed by atoms with van der Waals surface area (Å²) >= 11 is 0. The fourth-order valence-corrected chi connectivity index (χ4v) is 4.45. The van der Waals surface area contributed by atoms with E-state index in [1.165, 1.54) is 0 Å². The first kappa shape index (κ1) is 22.3. The normalized spacial score (nSPS) is 12.9. The first-order valence-corrected chi connectivity index (χ1v) is 11.3. The quantitative estimate of drug-likeness (QED) is 0.411. The van der Waals surface area contributed by atoms with Crippen molar-refractivity contribution in [3.63, 3.8) is 0 Å². The van der Waals surface area contributed by atoms with E-state index < -0.39 is 18.1 Å². The number of amides is 1. The third-order valence-electron chi connectivity index (χ3n) is 6.16. The number of carbonyl (C=O) groups is 2. The van der Waals surface area contributed by atoms with E-state index in [4.69, 9.17) is 4.74 Å². The van der Waals surface area contributed by atoms with Gasteiger partial charge in [-0.15, -0.1) is 0 Å². The highest BCUT2D eigenvalue weighted by Gasteiger charge is 2.29. The number of benzene rings is 2. The number of ether oxygens (including phenoxy) is 1. The van der Waals surface area contributed by atoms with Gasteiger partial charge in [0, 0.05) is 36.5 Å². The Labute approximate surface area is 202 Å². The van der Waals surface area contributed by atoms with Gasteiger partial charge in [-0.3, -0.25) is 9.97 Å². The van der Waals surface area contributed by atoms with E-state index in [2.05, 4.69) is 27.4 Å². The molecule has 2 aromatic heterocycles. The first-order valence-electron chi connectivity index (χ1n) is 11.3. The molecule has 0 unspecified atom stereocenters. The molecule has 0 saturated carbocycles. The van der Waals surface area contributed by atoms with Gasteiger partial charge in [0.2, 0.25) is 0 Å². The first-order chi connectivity index (χ1) is 17.1. The van der Waals surface area contributed by atoms with Crippen LogP contribution in [0.1, 0.15) is 22.6 Å². The molecular weight excluding hydrogens is 442 g/mol. The zero-order valence-corrected chi connectivity index (χ0v) is 18.8. The Balaban J connectivity index is 1.23. The van der Waals surface area contributed by atoms with Gasteiger partial charge < -0.3 is 15.2 Å². The van der Waals surface area contributed by atoms with Gasteiger partial charge in [0.25, 0.3) is 0 Å². The van der Waals surface area contributed by atoms with E-state index in [0.29, 0.717) is 5.56 Å². The monoisotopic (exact) mass is 465 g/mol. The van der Waals surface area contributed by atoms with Gasteiger partial charge >= 0.3 is 12.1 Å². The number of pyridine rings is 2. The second kappa shape index (κ2) is 9.77. The number of carboxylic acid groups (broad SMARTS) is 1. The summed E-state index contributed by atoms with van der Waals surface area (Å²) in [6, 6.07) is 22.3. The van der Waals surface area contributed by atoms with Crippen LogP contribution in [0.25, 0.3) is 22.4 Å². The van der Waals surface area contributed by atoms with Gasteiger partial charge in [-0.05, 0) is 46.0 Å². The average molecular weight is 466 g/mol. The lowest BCUT2D eigenvalue weighted by Crippen LogP contribution is -2.42. The molecule has 0 radical (unpaired) electrons. The molecule has 0 aliphatic heterocycles. The highest BCUT2D eigenvalue weighted by Crippen LogP contribution is 2.44. The fourth-order valence-electron chi connectivity index (χ4n) is 4.45. The van der Waals surface area contributed by atoms with Crippen LogP contribution in [0, 0.1) is 0 Å². The zero-order valence-electron chi connectivity index (χ0n) is 18.8. The number of nitrogens with one attached hydrogen (secondary N) is 1. The maximum absolute atomic E-state index is 12.5.